The summed E-state index contributed by atoms with van der Waals surface area (Å²) in [6.07, 6.45) is 3.73. The van der Waals surface area contributed by atoms with E-state index in [1.807, 2.05) is 18.5 Å². The molecular formula is C19H26ClN3O2. The number of nitrogens with one attached hydrogen (secondary N) is 1. The molecule has 0 bridgehead atoms. The molecule has 0 saturated carbocycles. The Kier molecular flexibility index (Phi) is 8.15. The van der Waals surface area contributed by atoms with Gasteiger partial charge in [-0.05, 0) is 35.4 Å². The molecule has 1 aliphatic heterocycles. The predicted octanol–water partition coefficient (Wildman–Crippen LogP) is 2.68. The van der Waals surface area contributed by atoms with Crippen LogP contribution in [0.3, 0.4) is 0 Å². The summed E-state index contributed by atoms with van der Waals surface area (Å²) in [5.41, 5.74) is 2.58. The second-order valence-electron chi connectivity index (χ2n) is 5.96. The first kappa shape index (κ1) is 19.7. The quantitative estimate of drug-likeness (QED) is 0.766. The van der Waals surface area contributed by atoms with Gasteiger partial charge in [-0.15, -0.1) is 12.4 Å². The lowest BCUT2D eigenvalue weighted by molar-refractivity contribution is 0.145. The Labute approximate surface area is 155 Å². The van der Waals surface area contributed by atoms with Gasteiger partial charge in [-0.2, -0.15) is 0 Å². The molecule has 2 aromatic rings. The second-order valence-corrected chi connectivity index (χ2v) is 5.96. The molecule has 25 heavy (non-hydrogen) atoms. The predicted molar refractivity (Wildman–Crippen MR) is 101 cm³/mol. The van der Waals surface area contributed by atoms with Crippen LogP contribution in [0, 0.1) is 0 Å². The molecule has 1 aromatic carbocycles. The van der Waals surface area contributed by atoms with E-state index < -0.39 is 0 Å². The lowest BCUT2D eigenvalue weighted by Gasteiger charge is -2.36. The number of halogens is 1. The number of methoxy groups -OCH3 is 1. The summed E-state index contributed by atoms with van der Waals surface area (Å²) in [6, 6.07) is 12.9. The Morgan fingerprint density at radius 2 is 2.04 bits per heavy atom. The van der Waals surface area contributed by atoms with Crippen LogP contribution in [0.25, 0.3) is 0 Å². The molecule has 0 aliphatic carbocycles. The summed E-state index contributed by atoms with van der Waals surface area (Å²) in [5, 5.41) is 3.49. The lowest BCUT2D eigenvalue weighted by Crippen LogP contribution is -2.45. The fourth-order valence-electron chi connectivity index (χ4n) is 3.06. The maximum atomic E-state index is 5.72. The molecule has 1 aromatic heterocycles. The third-order valence-electron chi connectivity index (χ3n) is 4.29. The average Bonchev–Trinajstić information content (AvgIpc) is 2.64. The zero-order valence-electron chi connectivity index (χ0n) is 14.6. The van der Waals surface area contributed by atoms with Crippen LogP contribution >= 0.6 is 12.4 Å². The number of benzene rings is 1. The van der Waals surface area contributed by atoms with Crippen LogP contribution in [-0.2, 0) is 11.3 Å². The van der Waals surface area contributed by atoms with E-state index in [1.165, 1.54) is 11.1 Å². The Morgan fingerprint density at radius 3 is 2.84 bits per heavy atom. The topological polar surface area (TPSA) is 46.6 Å². The van der Waals surface area contributed by atoms with Crippen molar-refractivity contribution >= 4 is 12.4 Å². The fourth-order valence-corrected chi connectivity index (χ4v) is 3.06. The van der Waals surface area contributed by atoms with Crippen LogP contribution in [0.15, 0.2) is 48.8 Å². The van der Waals surface area contributed by atoms with Crippen molar-refractivity contribution in [1.29, 1.82) is 0 Å². The van der Waals surface area contributed by atoms with Gasteiger partial charge in [-0.25, -0.2) is 0 Å². The number of rotatable bonds is 7. The van der Waals surface area contributed by atoms with Gasteiger partial charge in [0.1, 0.15) is 12.4 Å². The molecule has 1 fully saturated rings. The number of nitrogens with zero attached hydrogens (tertiary/aromatic N) is 2. The van der Waals surface area contributed by atoms with Gasteiger partial charge in [0.05, 0.1) is 6.61 Å². The second kappa shape index (κ2) is 10.4. The smallest absolute Gasteiger partial charge is 0.119 e. The highest BCUT2D eigenvalue weighted by Crippen LogP contribution is 2.24. The first-order valence-electron chi connectivity index (χ1n) is 8.42. The minimum atomic E-state index is 0. The SMILES string of the molecule is COCCOc1cccc(CN2CCNCC2c2ccncc2)c1.Cl. The number of pyridine rings is 1. The molecule has 1 unspecified atom stereocenters. The zero-order chi connectivity index (χ0) is 16.6. The molecule has 1 N–H and O–H groups in total. The zero-order valence-corrected chi connectivity index (χ0v) is 15.4. The Morgan fingerprint density at radius 1 is 1.20 bits per heavy atom. The van der Waals surface area contributed by atoms with Crippen molar-refractivity contribution in [3.05, 3.63) is 59.9 Å². The molecule has 0 radical (unpaired) electrons. The van der Waals surface area contributed by atoms with Gasteiger partial charge in [0, 0.05) is 51.7 Å². The number of ether oxygens (including phenoxy) is 2. The molecule has 5 nitrogen and oxygen atoms in total. The van der Waals surface area contributed by atoms with Gasteiger partial charge in [-0.3, -0.25) is 9.88 Å². The Balaban J connectivity index is 0.00000225. The van der Waals surface area contributed by atoms with Crippen molar-refractivity contribution in [3.8, 4) is 5.75 Å². The number of hydrogen-bond donors (Lipinski definition) is 1. The van der Waals surface area contributed by atoms with Crippen molar-refractivity contribution in [3.63, 3.8) is 0 Å². The Bertz CT molecular complexity index is 627. The minimum Gasteiger partial charge on any atom is -0.491 e. The summed E-state index contributed by atoms with van der Waals surface area (Å²) in [4.78, 5) is 6.64. The third-order valence-corrected chi connectivity index (χ3v) is 4.29. The van der Waals surface area contributed by atoms with E-state index >= 15 is 0 Å². The molecular weight excluding hydrogens is 338 g/mol. The van der Waals surface area contributed by atoms with E-state index in [4.69, 9.17) is 9.47 Å². The molecule has 2 heterocycles. The van der Waals surface area contributed by atoms with Crippen molar-refractivity contribution in [1.82, 2.24) is 15.2 Å². The highest BCUT2D eigenvalue weighted by atomic mass is 35.5. The molecule has 1 atom stereocenters. The number of aromatic nitrogens is 1. The van der Waals surface area contributed by atoms with E-state index in [0.29, 0.717) is 19.3 Å². The average molecular weight is 364 g/mol. The monoisotopic (exact) mass is 363 g/mol. The summed E-state index contributed by atoms with van der Waals surface area (Å²) >= 11 is 0. The first-order chi connectivity index (χ1) is 11.9. The number of piperazine rings is 1. The van der Waals surface area contributed by atoms with E-state index in [0.717, 1.165) is 31.9 Å². The van der Waals surface area contributed by atoms with Crippen LogP contribution in [0.5, 0.6) is 5.75 Å². The van der Waals surface area contributed by atoms with Crippen LogP contribution in [0.2, 0.25) is 0 Å². The minimum absolute atomic E-state index is 0. The molecule has 0 amide bonds. The Hall–Kier alpha value is -1.66. The lowest BCUT2D eigenvalue weighted by atomic mass is 10.0. The van der Waals surface area contributed by atoms with Gasteiger partial charge in [0.15, 0.2) is 0 Å². The molecule has 136 valence electrons. The van der Waals surface area contributed by atoms with Gasteiger partial charge in [0.25, 0.3) is 0 Å². The van der Waals surface area contributed by atoms with Crippen LogP contribution in [-0.4, -0.2) is 49.8 Å². The van der Waals surface area contributed by atoms with E-state index in [9.17, 15) is 0 Å². The highest BCUT2D eigenvalue weighted by molar-refractivity contribution is 5.85. The summed E-state index contributed by atoms with van der Waals surface area (Å²) in [6.45, 7) is 5.11. The molecule has 1 saturated heterocycles. The molecule has 6 heteroatoms. The normalized spacial score (nSPS) is 17.7. The van der Waals surface area contributed by atoms with E-state index in [1.54, 1.807) is 7.11 Å². The molecule has 1 aliphatic rings. The number of hydrogen-bond acceptors (Lipinski definition) is 5. The first-order valence-corrected chi connectivity index (χ1v) is 8.42. The molecule has 0 spiro atoms. The van der Waals surface area contributed by atoms with Crippen molar-refractivity contribution < 1.29 is 9.47 Å². The third kappa shape index (κ3) is 5.68. The maximum absolute atomic E-state index is 5.72. The van der Waals surface area contributed by atoms with Crippen LogP contribution in [0.4, 0.5) is 0 Å². The van der Waals surface area contributed by atoms with Crippen LogP contribution in [0.1, 0.15) is 17.2 Å². The van der Waals surface area contributed by atoms with Gasteiger partial charge < -0.3 is 14.8 Å². The fraction of sp³-hybridized carbons (Fsp3) is 0.421. The van der Waals surface area contributed by atoms with Crippen molar-refractivity contribution in [2.45, 2.75) is 12.6 Å². The van der Waals surface area contributed by atoms with Gasteiger partial charge >= 0.3 is 0 Å². The summed E-state index contributed by atoms with van der Waals surface area (Å²) < 4.78 is 10.8. The summed E-state index contributed by atoms with van der Waals surface area (Å²) in [5.74, 6) is 0.903. The van der Waals surface area contributed by atoms with Crippen LogP contribution < -0.4 is 10.1 Å². The van der Waals surface area contributed by atoms with Gasteiger partial charge in [0.2, 0.25) is 0 Å². The van der Waals surface area contributed by atoms with E-state index in [2.05, 4.69) is 45.5 Å². The van der Waals surface area contributed by atoms with Crippen molar-refractivity contribution in [2.24, 2.45) is 0 Å². The van der Waals surface area contributed by atoms with Gasteiger partial charge in [-0.1, -0.05) is 12.1 Å². The van der Waals surface area contributed by atoms with Crippen molar-refractivity contribution in [2.75, 3.05) is 40.0 Å². The highest BCUT2D eigenvalue weighted by Gasteiger charge is 2.23. The molecule has 3 rings (SSSR count). The summed E-state index contributed by atoms with van der Waals surface area (Å²) in [7, 11) is 1.68. The largest absolute Gasteiger partial charge is 0.491 e. The van der Waals surface area contributed by atoms with E-state index in [-0.39, 0.29) is 12.4 Å². The maximum Gasteiger partial charge on any atom is 0.119 e. The standard InChI is InChI=1S/C19H25N3O2.ClH/c1-23-11-12-24-18-4-2-3-16(13-18)15-22-10-9-21-14-19(22)17-5-7-20-8-6-17;/h2-8,13,19,21H,9-12,14-15H2,1H3;1H.